The van der Waals surface area contributed by atoms with Crippen LogP contribution in [0.15, 0.2) is 24.3 Å². The summed E-state index contributed by atoms with van der Waals surface area (Å²) in [6, 6.07) is 7.91. The van der Waals surface area contributed by atoms with Crippen molar-refractivity contribution in [3.63, 3.8) is 0 Å². The molecule has 1 saturated heterocycles. The van der Waals surface area contributed by atoms with Crippen LogP contribution in [0.5, 0.6) is 0 Å². The topological polar surface area (TPSA) is 37.4 Å². The number of sulfone groups is 1. The molecule has 0 aliphatic carbocycles. The molecule has 1 aromatic carbocycles. The van der Waals surface area contributed by atoms with Gasteiger partial charge >= 0.3 is 0 Å². The normalized spacial score (nSPS) is 21.9. The molecule has 1 aliphatic rings. The van der Waals surface area contributed by atoms with Gasteiger partial charge in [-0.15, -0.1) is 0 Å². The highest BCUT2D eigenvalue weighted by Crippen LogP contribution is 2.23. The van der Waals surface area contributed by atoms with Crippen molar-refractivity contribution in [1.82, 2.24) is 4.90 Å². The van der Waals surface area contributed by atoms with Crippen LogP contribution in [0.25, 0.3) is 0 Å². The Balaban J connectivity index is 2.11. The van der Waals surface area contributed by atoms with Gasteiger partial charge in [0.25, 0.3) is 0 Å². The lowest BCUT2D eigenvalue weighted by Crippen LogP contribution is -2.36. The number of halogens is 1. The average Bonchev–Trinajstić information content (AvgIpc) is 2.72. The second-order valence-corrected chi connectivity index (χ2v) is 7.75. The van der Waals surface area contributed by atoms with Crippen molar-refractivity contribution < 1.29 is 8.42 Å². The van der Waals surface area contributed by atoms with Gasteiger partial charge in [-0.25, -0.2) is 8.42 Å². The van der Waals surface area contributed by atoms with Crippen molar-refractivity contribution in [2.24, 2.45) is 0 Å². The summed E-state index contributed by atoms with van der Waals surface area (Å²) in [5, 5.41) is 0.754. The molecule has 0 aromatic heterocycles. The van der Waals surface area contributed by atoms with Gasteiger partial charge in [0.15, 0.2) is 9.84 Å². The summed E-state index contributed by atoms with van der Waals surface area (Å²) < 4.78 is 23.2. The van der Waals surface area contributed by atoms with Crippen molar-refractivity contribution >= 4 is 21.4 Å². The zero-order valence-electron chi connectivity index (χ0n) is 11.2. The van der Waals surface area contributed by atoms with Crippen LogP contribution in [-0.4, -0.2) is 37.4 Å². The molecule has 0 N–H and O–H groups in total. The predicted octanol–water partition coefficient (Wildman–Crippen LogP) is 2.74. The molecule has 0 radical (unpaired) electrons. The van der Waals surface area contributed by atoms with E-state index in [2.05, 4.69) is 11.8 Å². The smallest absolute Gasteiger partial charge is 0.151 e. The van der Waals surface area contributed by atoms with Crippen LogP contribution < -0.4 is 0 Å². The molecule has 5 heteroatoms. The van der Waals surface area contributed by atoms with E-state index in [-0.39, 0.29) is 11.8 Å². The summed E-state index contributed by atoms with van der Waals surface area (Å²) in [7, 11) is -2.84. The number of benzene rings is 1. The largest absolute Gasteiger partial charge is 0.295 e. The Hall–Kier alpha value is -0.580. The molecule has 0 unspecified atom stereocenters. The fraction of sp³-hybridized carbons (Fsp3) is 0.571. The first-order valence-corrected chi connectivity index (χ1v) is 8.89. The molecule has 1 atom stereocenters. The van der Waals surface area contributed by atoms with E-state index < -0.39 is 9.84 Å². The summed E-state index contributed by atoms with van der Waals surface area (Å²) in [6.45, 7) is 3.75. The standard InChI is InChI=1S/C14H20ClNO2S/c1-2-8-16(13-7-9-19(17,18)11-13)10-12-5-3-4-6-14(12)15/h3-6,13H,2,7-11H2,1H3/t13-/m1/s1. The highest BCUT2D eigenvalue weighted by atomic mass is 35.5. The minimum Gasteiger partial charge on any atom is -0.295 e. The second-order valence-electron chi connectivity index (χ2n) is 5.12. The maximum Gasteiger partial charge on any atom is 0.151 e. The van der Waals surface area contributed by atoms with Gasteiger partial charge in [0.2, 0.25) is 0 Å². The highest BCUT2D eigenvalue weighted by molar-refractivity contribution is 7.91. The molecule has 19 heavy (non-hydrogen) atoms. The van der Waals surface area contributed by atoms with E-state index in [4.69, 9.17) is 11.6 Å². The zero-order valence-corrected chi connectivity index (χ0v) is 12.8. The summed E-state index contributed by atoms with van der Waals surface area (Å²) in [5.41, 5.74) is 1.07. The van der Waals surface area contributed by atoms with Gasteiger partial charge < -0.3 is 0 Å². The molecule has 3 nitrogen and oxygen atoms in total. The molecule has 106 valence electrons. The molecule has 1 heterocycles. The molecule has 0 bridgehead atoms. The molecular weight excluding hydrogens is 282 g/mol. The Bertz CT molecular complexity index is 530. The minimum absolute atomic E-state index is 0.140. The van der Waals surface area contributed by atoms with Crippen molar-refractivity contribution in [3.8, 4) is 0 Å². The second kappa shape index (κ2) is 6.25. The molecule has 2 rings (SSSR count). The first-order valence-electron chi connectivity index (χ1n) is 6.69. The van der Waals surface area contributed by atoms with Crippen LogP contribution in [0, 0.1) is 0 Å². The number of hydrogen-bond acceptors (Lipinski definition) is 3. The van der Waals surface area contributed by atoms with Crippen molar-refractivity contribution in [2.45, 2.75) is 32.4 Å². The lowest BCUT2D eigenvalue weighted by atomic mass is 10.1. The van der Waals surface area contributed by atoms with Crippen LogP contribution in [0.4, 0.5) is 0 Å². The first-order chi connectivity index (χ1) is 9.02. The summed E-state index contributed by atoms with van der Waals surface area (Å²) in [6.07, 6.45) is 1.76. The van der Waals surface area contributed by atoms with Crippen LogP contribution >= 0.6 is 11.6 Å². The van der Waals surface area contributed by atoms with E-state index in [0.717, 1.165) is 36.5 Å². The molecule has 0 spiro atoms. The maximum absolute atomic E-state index is 11.6. The van der Waals surface area contributed by atoms with E-state index >= 15 is 0 Å². The summed E-state index contributed by atoms with van der Waals surface area (Å²) >= 11 is 6.19. The monoisotopic (exact) mass is 301 g/mol. The predicted molar refractivity (Wildman–Crippen MR) is 79.2 cm³/mol. The van der Waals surface area contributed by atoms with Crippen LogP contribution in [0.1, 0.15) is 25.3 Å². The van der Waals surface area contributed by atoms with Gasteiger partial charge in [0.05, 0.1) is 11.5 Å². The van der Waals surface area contributed by atoms with Gasteiger partial charge in [-0.2, -0.15) is 0 Å². The molecular formula is C14H20ClNO2S. The third kappa shape index (κ3) is 3.94. The third-order valence-corrected chi connectivity index (χ3v) is 5.69. The van der Waals surface area contributed by atoms with E-state index in [0.29, 0.717) is 5.75 Å². The zero-order chi connectivity index (χ0) is 13.9. The van der Waals surface area contributed by atoms with E-state index in [9.17, 15) is 8.42 Å². The van der Waals surface area contributed by atoms with E-state index in [1.807, 2.05) is 24.3 Å². The number of rotatable bonds is 5. The molecule has 1 aromatic rings. The van der Waals surface area contributed by atoms with Crippen LogP contribution in [0.2, 0.25) is 5.02 Å². The van der Waals surface area contributed by atoms with Gasteiger partial charge in [-0.05, 0) is 31.0 Å². The van der Waals surface area contributed by atoms with Crippen molar-refractivity contribution in [2.75, 3.05) is 18.1 Å². The fourth-order valence-corrected chi connectivity index (χ4v) is 4.54. The van der Waals surface area contributed by atoms with Crippen molar-refractivity contribution in [3.05, 3.63) is 34.9 Å². The van der Waals surface area contributed by atoms with E-state index in [1.54, 1.807) is 0 Å². The summed E-state index contributed by atoms with van der Waals surface area (Å²) in [4.78, 5) is 2.26. The Labute approximate surface area is 120 Å². The van der Waals surface area contributed by atoms with Gasteiger partial charge in [-0.1, -0.05) is 36.7 Å². The lowest BCUT2D eigenvalue weighted by molar-refractivity contribution is 0.204. The third-order valence-electron chi connectivity index (χ3n) is 3.57. The SMILES string of the molecule is CCCN(Cc1ccccc1Cl)[C@@H]1CCS(=O)(=O)C1. The quantitative estimate of drug-likeness (QED) is 0.839. The van der Waals surface area contributed by atoms with Gasteiger partial charge in [0, 0.05) is 17.6 Å². The Morgan fingerprint density at radius 1 is 1.37 bits per heavy atom. The van der Waals surface area contributed by atoms with Gasteiger partial charge in [0.1, 0.15) is 0 Å². The number of nitrogens with zero attached hydrogens (tertiary/aromatic N) is 1. The van der Waals surface area contributed by atoms with E-state index in [1.165, 1.54) is 0 Å². The summed E-state index contributed by atoms with van der Waals surface area (Å²) in [5.74, 6) is 0.609. The Morgan fingerprint density at radius 2 is 2.11 bits per heavy atom. The van der Waals surface area contributed by atoms with Crippen molar-refractivity contribution in [1.29, 1.82) is 0 Å². The molecule has 0 amide bonds. The van der Waals surface area contributed by atoms with Gasteiger partial charge in [-0.3, -0.25) is 4.90 Å². The Morgan fingerprint density at radius 3 is 2.68 bits per heavy atom. The lowest BCUT2D eigenvalue weighted by Gasteiger charge is -2.28. The number of hydrogen-bond donors (Lipinski definition) is 0. The Kier molecular flexibility index (Phi) is 4.87. The average molecular weight is 302 g/mol. The van der Waals surface area contributed by atoms with Crippen LogP contribution in [0.3, 0.4) is 0 Å². The highest BCUT2D eigenvalue weighted by Gasteiger charge is 2.31. The molecule has 1 aliphatic heterocycles. The maximum atomic E-state index is 11.6. The molecule has 0 saturated carbocycles. The van der Waals surface area contributed by atoms with Crippen LogP contribution in [-0.2, 0) is 16.4 Å². The molecule has 1 fully saturated rings. The first kappa shape index (κ1) is 14.8. The fourth-order valence-electron chi connectivity index (χ4n) is 2.59. The minimum atomic E-state index is -2.84.